The number of anilines is 1. The van der Waals surface area contributed by atoms with Crippen molar-refractivity contribution in [2.24, 2.45) is 5.92 Å². The molecule has 1 aliphatic heterocycles. The molecule has 8 nitrogen and oxygen atoms in total. The summed E-state index contributed by atoms with van der Waals surface area (Å²) in [5.41, 5.74) is 10.0. The molecule has 170 valence electrons. The largest absolute Gasteiger partial charge is 0.383 e. The lowest BCUT2D eigenvalue weighted by atomic mass is 9.79. The van der Waals surface area contributed by atoms with Crippen molar-refractivity contribution in [2.75, 3.05) is 31.6 Å². The van der Waals surface area contributed by atoms with E-state index in [2.05, 4.69) is 30.4 Å². The number of rotatable bonds is 7. The monoisotopic (exact) mass is 454 g/mol. The Bertz CT molecular complexity index is 1230. The molecule has 0 radical (unpaired) electrons. The predicted octanol–water partition coefficient (Wildman–Crippen LogP) is 2.78. The van der Waals surface area contributed by atoms with E-state index < -0.39 is 10.0 Å². The van der Waals surface area contributed by atoms with E-state index in [1.165, 1.54) is 38.8 Å². The Morgan fingerprint density at radius 3 is 2.72 bits per heavy atom. The molecule has 5 rings (SSSR count). The molecule has 32 heavy (non-hydrogen) atoms. The highest BCUT2D eigenvalue weighted by Gasteiger charge is 2.34. The van der Waals surface area contributed by atoms with Crippen molar-refractivity contribution in [3.05, 3.63) is 42.4 Å². The maximum Gasteiger partial charge on any atom is 0.209 e. The van der Waals surface area contributed by atoms with E-state index >= 15 is 0 Å². The van der Waals surface area contributed by atoms with Gasteiger partial charge in [0, 0.05) is 30.9 Å². The lowest BCUT2D eigenvalue weighted by Gasteiger charge is -2.38. The summed E-state index contributed by atoms with van der Waals surface area (Å²) in [5, 5.41) is 0.865. The first-order valence-corrected chi connectivity index (χ1v) is 13.1. The molecule has 1 saturated carbocycles. The van der Waals surface area contributed by atoms with Gasteiger partial charge in [-0.1, -0.05) is 18.2 Å². The van der Waals surface area contributed by atoms with Gasteiger partial charge in [0.05, 0.1) is 11.6 Å². The van der Waals surface area contributed by atoms with Crippen LogP contribution in [0.1, 0.15) is 37.3 Å². The maximum atomic E-state index is 11.5. The van der Waals surface area contributed by atoms with Gasteiger partial charge in [0.2, 0.25) is 10.0 Å². The Labute approximate surface area is 188 Å². The number of nitrogen functional groups attached to an aromatic ring is 1. The van der Waals surface area contributed by atoms with Crippen LogP contribution in [0.15, 0.2) is 36.8 Å². The molecule has 9 heteroatoms. The fourth-order valence-corrected chi connectivity index (χ4v) is 5.50. The van der Waals surface area contributed by atoms with Crippen molar-refractivity contribution in [1.82, 2.24) is 24.2 Å². The molecule has 0 atom stereocenters. The summed E-state index contributed by atoms with van der Waals surface area (Å²) in [5.74, 6) is 1.21. The summed E-state index contributed by atoms with van der Waals surface area (Å²) >= 11 is 0. The highest BCUT2D eigenvalue weighted by atomic mass is 32.2. The molecule has 3 aromatic rings. The Morgan fingerprint density at radius 2 is 1.97 bits per heavy atom. The van der Waals surface area contributed by atoms with Gasteiger partial charge < -0.3 is 15.2 Å². The van der Waals surface area contributed by atoms with Crippen LogP contribution < -0.4 is 10.5 Å². The van der Waals surface area contributed by atoms with Gasteiger partial charge in [-0.15, -0.1) is 0 Å². The number of sulfonamides is 1. The van der Waals surface area contributed by atoms with E-state index in [0.717, 1.165) is 52.7 Å². The number of hydrogen-bond acceptors (Lipinski definition) is 6. The summed E-state index contributed by atoms with van der Waals surface area (Å²) in [6.45, 7) is 3.94. The van der Waals surface area contributed by atoms with Crippen LogP contribution in [0.5, 0.6) is 0 Å². The third kappa shape index (κ3) is 4.37. The first kappa shape index (κ1) is 21.4. The summed E-state index contributed by atoms with van der Waals surface area (Å²) < 4.78 is 27.8. The number of aromatic nitrogens is 3. The minimum atomic E-state index is -3.26. The van der Waals surface area contributed by atoms with Crippen LogP contribution in [-0.4, -0.2) is 53.7 Å². The number of nitrogens with two attached hydrogens (primary N) is 1. The number of nitrogens with zero attached hydrogens (tertiary/aromatic N) is 4. The number of likely N-dealkylation sites (tertiary alicyclic amines) is 1. The Hall–Kier alpha value is -2.49. The molecule has 0 spiro atoms. The van der Waals surface area contributed by atoms with Gasteiger partial charge in [0.15, 0.2) is 0 Å². The van der Waals surface area contributed by atoms with E-state index in [9.17, 15) is 8.42 Å². The summed E-state index contributed by atoms with van der Waals surface area (Å²) in [7, 11) is -3.26. The molecular formula is C23H30N6O2S. The third-order valence-electron chi connectivity index (χ3n) is 6.73. The number of fused-ring (bicyclic) bond motifs is 1. The fraction of sp³-hybridized carbons (Fsp3) is 0.478. The number of nitrogens with one attached hydrogen (secondary N) is 1. The molecule has 0 unspecified atom stereocenters. The Balaban J connectivity index is 1.42. The molecule has 3 N–H and O–H groups in total. The molecule has 3 heterocycles. The minimum absolute atomic E-state index is 0.248. The van der Waals surface area contributed by atoms with Gasteiger partial charge in [-0.25, -0.2) is 23.1 Å². The molecule has 1 aliphatic carbocycles. The van der Waals surface area contributed by atoms with Gasteiger partial charge in [-0.2, -0.15) is 0 Å². The van der Waals surface area contributed by atoms with Gasteiger partial charge in [0.25, 0.3) is 0 Å². The first-order chi connectivity index (χ1) is 15.4. The van der Waals surface area contributed by atoms with Crippen LogP contribution in [0.2, 0.25) is 0 Å². The number of hydrogen-bond donors (Lipinski definition) is 2. The van der Waals surface area contributed by atoms with Crippen molar-refractivity contribution >= 4 is 26.9 Å². The van der Waals surface area contributed by atoms with E-state index in [-0.39, 0.29) is 6.54 Å². The summed E-state index contributed by atoms with van der Waals surface area (Å²) in [6.07, 6.45) is 9.82. The van der Waals surface area contributed by atoms with Crippen LogP contribution >= 0.6 is 0 Å². The highest BCUT2D eigenvalue weighted by Crippen LogP contribution is 2.43. The normalized spacial score (nSPS) is 21.8. The molecular weight excluding hydrogens is 424 g/mol. The lowest BCUT2D eigenvalue weighted by molar-refractivity contribution is 0.145. The highest BCUT2D eigenvalue weighted by molar-refractivity contribution is 7.88. The molecule has 1 aromatic carbocycles. The Morgan fingerprint density at radius 1 is 1.19 bits per heavy atom. The van der Waals surface area contributed by atoms with E-state index in [1.54, 1.807) is 0 Å². The summed E-state index contributed by atoms with van der Waals surface area (Å²) in [4.78, 5) is 11.4. The smallest absolute Gasteiger partial charge is 0.209 e. The van der Waals surface area contributed by atoms with Crippen LogP contribution in [0, 0.1) is 5.92 Å². The molecule has 2 fully saturated rings. The number of benzene rings is 1. The quantitative estimate of drug-likeness (QED) is 0.569. The van der Waals surface area contributed by atoms with E-state index in [0.29, 0.717) is 11.9 Å². The first-order valence-electron chi connectivity index (χ1n) is 11.2. The zero-order valence-electron chi connectivity index (χ0n) is 18.4. The van der Waals surface area contributed by atoms with Crippen molar-refractivity contribution in [3.8, 4) is 11.1 Å². The van der Waals surface area contributed by atoms with Crippen molar-refractivity contribution in [3.63, 3.8) is 0 Å². The lowest BCUT2D eigenvalue weighted by Crippen LogP contribution is -2.35. The third-order valence-corrected chi connectivity index (χ3v) is 7.40. The van der Waals surface area contributed by atoms with Gasteiger partial charge >= 0.3 is 0 Å². The standard InChI is InChI=1S/C23H30N6O2S/c1-32(30,31)27-12-16-5-4-6-18(9-16)20-14-29(23-21(20)22(24)25-15-26-23)19-10-17(11-19)13-28-7-2-3-8-28/h4-6,9,14-15,17,19,27H,2-3,7-8,10-13H2,1H3,(H2,24,25,26). The second-order valence-corrected chi connectivity index (χ2v) is 11.0. The summed E-state index contributed by atoms with van der Waals surface area (Å²) in [6, 6.07) is 8.29. The van der Waals surface area contributed by atoms with Gasteiger partial charge in [0.1, 0.15) is 17.8 Å². The Kier molecular flexibility index (Phi) is 5.65. The predicted molar refractivity (Wildman–Crippen MR) is 126 cm³/mol. The topological polar surface area (TPSA) is 106 Å². The second-order valence-electron chi connectivity index (χ2n) is 9.20. The van der Waals surface area contributed by atoms with E-state index in [4.69, 9.17) is 5.73 Å². The second kappa shape index (κ2) is 8.46. The van der Waals surface area contributed by atoms with E-state index in [1.807, 2.05) is 24.3 Å². The van der Waals surface area contributed by atoms with Crippen molar-refractivity contribution < 1.29 is 8.42 Å². The average molecular weight is 455 g/mol. The molecule has 1 saturated heterocycles. The van der Waals surface area contributed by atoms with Crippen LogP contribution in [-0.2, 0) is 16.6 Å². The van der Waals surface area contributed by atoms with Crippen molar-refractivity contribution in [1.29, 1.82) is 0 Å². The zero-order chi connectivity index (χ0) is 22.3. The minimum Gasteiger partial charge on any atom is -0.383 e. The van der Waals surface area contributed by atoms with Crippen molar-refractivity contribution in [2.45, 2.75) is 38.3 Å². The fourth-order valence-electron chi connectivity index (χ4n) is 5.08. The SMILES string of the molecule is CS(=O)(=O)NCc1cccc(-c2cn(C3CC(CN4CCCC4)C3)c3ncnc(N)c23)c1. The van der Waals surface area contributed by atoms with Crippen LogP contribution in [0.4, 0.5) is 5.82 Å². The molecule has 2 aromatic heterocycles. The van der Waals surface area contributed by atoms with Crippen LogP contribution in [0.3, 0.4) is 0 Å². The zero-order valence-corrected chi connectivity index (χ0v) is 19.2. The molecule has 0 amide bonds. The average Bonchev–Trinajstić information content (AvgIpc) is 3.37. The van der Waals surface area contributed by atoms with Crippen LogP contribution in [0.25, 0.3) is 22.2 Å². The molecule has 0 bridgehead atoms. The molecule has 2 aliphatic rings. The van der Waals surface area contributed by atoms with Gasteiger partial charge in [-0.3, -0.25) is 0 Å². The van der Waals surface area contributed by atoms with Gasteiger partial charge in [-0.05, 0) is 61.9 Å². The maximum absolute atomic E-state index is 11.5.